The molecule has 0 bridgehead atoms. The smallest absolute Gasteiger partial charge is 0.252 e. The summed E-state index contributed by atoms with van der Waals surface area (Å²) in [6.07, 6.45) is 0. The average Bonchev–Trinajstić information content (AvgIpc) is 3.81. The summed E-state index contributed by atoms with van der Waals surface area (Å²) in [6.45, 7) is 23.2. The second kappa shape index (κ2) is 11.0. The van der Waals surface area contributed by atoms with Crippen LogP contribution in [0.25, 0.3) is 58.8 Å². The van der Waals surface area contributed by atoms with Gasteiger partial charge in [-0.1, -0.05) is 123 Å². The van der Waals surface area contributed by atoms with Crippen LogP contribution in [0.15, 0.2) is 108 Å². The molecular weight excluding hydrogens is 699 g/mol. The predicted octanol–water partition coefficient (Wildman–Crippen LogP) is 12.7. The van der Waals surface area contributed by atoms with Gasteiger partial charge < -0.3 is 13.9 Å². The van der Waals surface area contributed by atoms with Gasteiger partial charge in [-0.05, 0) is 104 Å². The SMILES string of the molecule is Cc1cc2c3c(c1)-n1c4sc5ccccc5c4c4cc(C(C)(C)C)cc(c41)B3c1ccc(C(C)(C)C)cc1N2c1cccc2c1oc1cc(C(C)(C)C)ccc12. The van der Waals surface area contributed by atoms with E-state index in [-0.39, 0.29) is 23.0 Å². The van der Waals surface area contributed by atoms with E-state index < -0.39 is 0 Å². The third-order valence-corrected chi connectivity index (χ3v) is 13.8. The zero-order chi connectivity index (χ0) is 38.8. The molecule has 0 saturated heterocycles. The Hall–Kier alpha value is -5.26. The zero-order valence-corrected chi connectivity index (χ0v) is 34.9. The van der Waals surface area contributed by atoms with Crippen LogP contribution in [0.4, 0.5) is 17.1 Å². The van der Waals surface area contributed by atoms with Crippen molar-refractivity contribution in [1.29, 1.82) is 0 Å². The Morgan fingerprint density at radius 2 is 1.25 bits per heavy atom. The van der Waals surface area contributed by atoms with Crippen molar-refractivity contribution in [2.75, 3.05) is 4.90 Å². The molecule has 2 aliphatic rings. The Bertz CT molecular complexity index is 3170. The van der Waals surface area contributed by atoms with Crippen molar-refractivity contribution in [3.8, 4) is 5.69 Å². The molecule has 5 heterocycles. The topological polar surface area (TPSA) is 21.3 Å². The van der Waals surface area contributed by atoms with Gasteiger partial charge in [0.25, 0.3) is 6.71 Å². The van der Waals surface area contributed by atoms with Crippen molar-refractivity contribution in [3.05, 3.63) is 125 Å². The molecule has 0 N–H and O–H groups in total. The van der Waals surface area contributed by atoms with Gasteiger partial charge >= 0.3 is 0 Å². The fourth-order valence-electron chi connectivity index (χ4n) is 9.70. The quantitative estimate of drug-likeness (QED) is 0.156. The van der Waals surface area contributed by atoms with Gasteiger partial charge in [0.1, 0.15) is 10.4 Å². The van der Waals surface area contributed by atoms with Crippen LogP contribution in [-0.4, -0.2) is 11.3 Å². The summed E-state index contributed by atoms with van der Waals surface area (Å²) in [5, 5.41) is 6.40. The highest BCUT2D eigenvalue weighted by Gasteiger charge is 2.44. The maximum Gasteiger partial charge on any atom is 0.252 e. The van der Waals surface area contributed by atoms with Gasteiger partial charge in [-0.15, -0.1) is 11.3 Å². The number of aromatic nitrogens is 1. The number of aryl methyl sites for hydroxylation is 1. The van der Waals surface area contributed by atoms with Gasteiger partial charge in [0.2, 0.25) is 0 Å². The first-order valence-corrected chi connectivity index (χ1v) is 20.9. The summed E-state index contributed by atoms with van der Waals surface area (Å²) >= 11 is 1.93. The maximum atomic E-state index is 7.02. The molecule has 6 aromatic carbocycles. The summed E-state index contributed by atoms with van der Waals surface area (Å²) in [5.74, 6) is 0. The minimum Gasteiger partial charge on any atom is -0.454 e. The highest BCUT2D eigenvalue weighted by molar-refractivity contribution is 7.26. The minimum absolute atomic E-state index is 0.0215. The Balaban J connectivity index is 1.29. The lowest BCUT2D eigenvalue weighted by atomic mass is 9.33. The molecule has 0 aliphatic carbocycles. The lowest BCUT2D eigenvalue weighted by Gasteiger charge is -2.41. The van der Waals surface area contributed by atoms with Crippen molar-refractivity contribution in [2.24, 2.45) is 0 Å². The van der Waals surface area contributed by atoms with E-state index in [1.165, 1.54) is 86.9 Å². The zero-order valence-electron chi connectivity index (χ0n) is 34.1. The van der Waals surface area contributed by atoms with Gasteiger partial charge in [0.05, 0.1) is 11.2 Å². The standard InChI is InChI=1S/C51H47BN2OS/c1-28-22-40-45-41(23-28)54-46-35(44-34-14-11-12-17-43(34)56-48(44)54)24-31(51(8,9)10)25-37(46)52(45)36-21-19-29(49(2,3)4)26-39(36)53(40)38-16-13-15-33-32-20-18-30(50(5,6)7)27-42(32)55-47(33)38/h11-27H,1-10H3. The van der Waals surface area contributed by atoms with Crippen LogP contribution in [-0.2, 0) is 16.2 Å². The summed E-state index contributed by atoms with van der Waals surface area (Å²) in [4.78, 5) is 3.87. The van der Waals surface area contributed by atoms with Crippen molar-refractivity contribution in [3.63, 3.8) is 0 Å². The lowest BCUT2D eigenvalue weighted by molar-refractivity contribution is 0.587. The molecule has 0 radical (unpaired) electrons. The number of benzene rings is 6. The monoisotopic (exact) mass is 746 g/mol. The number of nitrogens with zero attached hydrogens (tertiary/aromatic N) is 2. The van der Waals surface area contributed by atoms with Gasteiger partial charge in [-0.25, -0.2) is 0 Å². The van der Waals surface area contributed by atoms with Crippen LogP contribution < -0.4 is 21.3 Å². The van der Waals surface area contributed by atoms with Gasteiger partial charge in [-0.2, -0.15) is 0 Å². The van der Waals surface area contributed by atoms with E-state index in [1.807, 2.05) is 11.3 Å². The number of fused-ring (bicyclic) bond motifs is 12. The van der Waals surface area contributed by atoms with E-state index in [0.717, 1.165) is 27.6 Å². The molecule has 2 aliphatic heterocycles. The van der Waals surface area contributed by atoms with Crippen molar-refractivity contribution in [2.45, 2.75) is 85.5 Å². The molecule has 276 valence electrons. The van der Waals surface area contributed by atoms with E-state index in [0.29, 0.717) is 0 Å². The van der Waals surface area contributed by atoms with Crippen molar-refractivity contribution in [1.82, 2.24) is 4.57 Å². The molecule has 11 rings (SSSR count). The van der Waals surface area contributed by atoms with Crippen molar-refractivity contribution < 1.29 is 4.42 Å². The first kappa shape index (κ1) is 34.0. The number of rotatable bonds is 1. The molecule has 0 spiro atoms. The molecule has 5 heteroatoms. The van der Waals surface area contributed by atoms with Crippen LogP contribution in [0.2, 0.25) is 0 Å². The molecule has 0 atom stereocenters. The number of furan rings is 1. The van der Waals surface area contributed by atoms with Crippen LogP contribution in [0.3, 0.4) is 0 Å². The molecule has 0 unspecified atom stereocenters. The summed E-state index contributed by atoms with van der Waals surface area (Å²) in [5.41, 5.74) is 17.3. The first-order chi connectivity index (χ1) is 26.6. The molecular formula is C51H47BN2OS. The van der Waals surface area contributed by atoms with E-state index in [2.05, 4.69) is 182 Å². The van der Waals surface area contributed by atoms with E-state index in [4.69, 9.17) is 4.42 Å². The third kappa shape index (κ3) is 4.58. The Labute approximate surface area is 333 Å². The number of anilines is 3. The van der Waals surface area contributed by atoms with E-state index >= 15 is 0 Å². The molecule has 3 nitrogen and oxygen atoms in total. The molecule has 0 amide bonds. The predicted molar refractivity (Wildman–Crippen MR) is 244 cm³/mol. The fourth-order valence-corrected chi connectivity index (χ4v) is 10.9. The molecule has 3 aromatic heterocycles. The lowest BCUT2D eigenvalue weighted by Crippen LogP contribution is -2.60. The van der Waals surface area contributed by atoms with Crippen LogP contribution >= 0.6 is 11.3 Å². The first-order valence-electron chi connectivity index (χ1n) is 20.1. The molecule has 56 heavy (non-hydrogen) atoms. The van der Waals surface area contributed by atoms with Gasteiger partial charge in [0.15, 0.2) is 5.58 Å². The van der Waals surface area contributed by atoms with Crippen LogP contribution in [0.5, 0.6) is 0 Å². The maximum absolute atomic E-state index is 7.02. The van der Waals surface area contributed by atoms with E-state index in [1.54, 1.807) is 0 Å². The summed E-state index contributed by atoms with van der Waals surface area (Å²) in [6, 6.07) is 39.7. The highest BCUT2D eigenvalue weighted by Crippen LogP contribution is 2.49. The number of hydrogen-bond acceptors (Lipinski definition) is 3. The Morgan fingerprint density at radius 1 is 0.554 bits per heavy atom. The minimum atomic E-state index is -0.0282. The summed E-state index contributed by atoms with van der Waals surface area (Å²) < 4.78 is 11.0. The average molecular weight is 747 g/mol. The second-order valence-electron chi connectivity index (χ2n) is 19.6. The van der Waals surface area contributed by atoms with Crippen LogP contribution in [0.1, 0.15) is 84.6 Å². The molecule has 0 saturated carbocycles. The number of para-hydroxylation sites is 1. The molecule has 9 aromatic rings. The van der Waals surface area contributed by atoms with E-state index in [9.17, 15) is 0 Å². The fraction of sp³-hybridized carbons (Fsp3) is 0.255. The normalized spacial score (nSPS) is 14.2. The number of hydrogen-bond donors (Lipinski definition) is 0. The third-order valence-electron chi connectivity index (χ3n) is 12.7. The van der Waals surface area contributed by atoms with Gasteiger partial charge in [0, 0.05) is 48.7 Å². The van der Waals surface area contributed by atoms with Crippen molar-refractivity contribution >= 4 is 105 Å². The number of thiophene rings is 1. The van der Waals surface area contributed by atoms with Crippen LogP contribution in [0, 0.1) is 6.92 Å². The highest BCUT2D eigenvalue weighted by atomic mass is 32.1. The Kier molecular flexibility index (Phi) is 6.67. The Morgan fingerprint density at radius 3 is 2.02 bits per heavy atom. The molecule has 0 fully saturated rings. The largest absolute Gasteiger partial charge is 0.454 e. The van der Waals surface area contributed by atoms with Gasteiger partial charge in [-0.3, -0.25) is 0 Å². The summed E-state index contributed by atoms with van der Waals surface area (Å²) in [7, 11) is 0. The second-order valence-corrected chi connectivity index (χ2v) is 20.6.